The minimum absolute atomic E-state index is 0. The number of nitrogens with one attached hydrogen (secondary N) is 1. The van der Waals surface area contributed by atoms with E-state index in [9.17, 15) is 22.8 Å². The number of ether oxygens (including phenoxy) is 1. The molecular formula is C24H25F3N6O3+. The van der Waals surface area contributed by atoms with Crippen molar-refractivity contribution in [3.05, 3.63) is 76.1 Å². The van der Waals surface area contributed by atoms with Crippen LogP contribution in [0.3, 0.4) is 0 Å². The van der Waals surface area contributed by atoms with Crippen LogP contribution in [0.1, 0.15) is 31.5 Å². The van der Waals surface area contributed by atoms with E-state index in [-0.39, 0.29) is 30.4 Å². The van der Waals surface area contributed by atoms with Crippen molar-refractivity contribution in [1.29, 1.82) is 0 Å². The Balaban J connectivity index is 0.00000320. The normalized spacial score (nSPS) is 17.3. The number of hydrogen-bond donors (Lipinski definition) is 1. The van der Waals surface area contributed by atoms with E-state index >= 15 is 0 Å². The predicted octanol–water partition coefficient (Wildman–Crippen LogP) is 3.28. The summed E-state index contributed by atoms with van der Waals surface area (Å²) in [6, 6.07) is 8.10. The maximum Gasteiger partial charge on any atom is 0.418 e. The van der Waals surface area contributed by atoms with E-state index in [0.29, 0.717) is 25.3 Å². The molecule has 0 bridgehead atoms. The van der Waals surface area contributed by atoms with Crippen molar-refractivity contribution >= 4 is 17.8 Å². The lowest BCUT2D eigenvalue weighted by molar-refractivity contribution is -0.478. The van der Waals surface area contributed by atoms with Crippen LogP contribution in [0.4, 0.5) is 13.2 Å². The highest BCUT2D eigenvalue weighted by Gasteiger charge is 2.46. The lowest BCUT2D eigenvalue weighted by Crippen LogP contribution is -2.48. The van der Waals surface area contributed by atoms with E-state index in [4.69, 9.17) is 4.74 Å². The maximum absolute atomic E-state index is 13.9. The van der Waals surface area contributed by atoms with E-state index in [2.05, 4.69) is 15.5 Å². The third-order valence-electron chi connectivity index (χ3n) is 6.47. The summed E-state index contributed by atoms with van der Waals surface area (Å²) in [5.41, 5.74) is -0.783. The van der Waals surface area contributed by atoms with Crippen LogP contribution in [0.25, 0.3) is 11.2 Å². The SMILES string of the molecule is CC(=O)NCc1cc(C(F)(F)F)c2cn(-c3cccc(C4(C[C]5N=NC=[N+]5C)COC4)c3)c(=O)n2c1.[HH]. The number of aromatic nitrogens is 2. The lowest BCUT2D eigenvalue weighted by atomic mass is 9.75. The van der Waals surface area contributed by atoms with Crippen LogP contribution in [0.2, 0.25) is 0 Å². The average molecular weight is 502 g/mol. The van der Waals surface area contributed by atoms with Crippen molar-refractivity contribution in [3.63, 3.8) is 0 Å². The Morgan fingerprint density at radius 1 is 1.28 bits per heavy atom. The molecule has 36 heavy (non-hydrogen) atoms. The summed E-state index contributed by atoms with van der Waals surface area (Å²) in [6.07, 6.45) is 0.768. The number of halogens is 3. The monoisotopic (exact) mass is 502 g/mol. The second-order valence-corrected chi connectivity index (χ2v) is 9.06. The van der Waals surface area contributed by atoms with E-state index in [1.807, 2.05) is 17.7 Å². The fourth-order valence-electron chi connectivity index (χ4n) is 4.46. The van der Waals surface area contributed by atoms with Gasteiger partial charge in [-0.3, -0.25) is 13.8 Å². The van der Waals surface area contributed by atoms with Gasteiger partial charge in [0, 0.05) is 39.1 Å². The molecule has 3 aromatic rings. The molecule has 189 valence electrons. The molecular weight excluding hydrogens is 477 g/mol. The van der Waals surface area contributed by atoms with Crippen molar-refractivity contribution in [2.75, 3.05) is 20.3 Å². The van der Waals surface area contributed by atoms with Crippen molar-refractivity contribution < 1.29 is 28.7 Å². The molecule has 12 heteroatoms. The van der Waals surface area contributed by atoms with Gasteiger partial charge in [-0.25, -0.2) is 9.37 Å². The first-order valence-electron chi connectivity index (χ1n) is 11.2. The molecule has 1 N–H and O–H groups in total. The highest BCUT2D eigenvalue weighted by molar-refractivity contribution is 5.72. The summed E-state index contributed by atoms with van der Waals surface area (Å²) in [7, 11) is 1.85. The second-order valence-electron chi connectivity index (χ2n) is 9.06. The smallest absolute Gasteiger partial charge is 0.379 e. The zero-order chi connectivity index (χ0) is 25.7. The first-order valence-corrected chi connectivity index (χ1v) is 11.2. The number of azo groups is 1. The van der Waals surface area contributed by atoms with Gasteiger partial charge in [0.2, 0.25) is 5.91 Å². The first-order chi connectivity index (χ1) is 17.1. The van der Waals surface area contributed by atoms with Gasteiger partial charge >= 0.3 is 24.4 Å². The van der Waals surface area contributed by atoms with E-state index < -0.39 is 17.4 Å². The molecule has 0 atom stereocenters. The molecule has 2 aliphatic rings. The van der Waals surface area contributed by atoms with Crippen LogP contribution in [0, 0.1) is 6.17 Å². The predicted molar refractivity (Wildman–Crippen MR) is 125 cm³/mol. The van der Waals surface area contributed by atoms with E-state index in [1.54, 1.807) is 24.5 Å². The molecule has 5 rings (SSSR count). The number of carbonyl (C=O) groups is 1. The minimum Gasteiger partial charge on any atom is -0.379 e. The van der Waals surface area contributed by atoms with Gasteiger partial charge in [0.25, 0.3) is 0 Å². The molecule has 1 radical (unpaired) electrons. The highest BCUT2D eigenvalue weighted by Crippen LogP contribution is 2.40. The number of amides is 1. The molecule has 1 amide bonds. The van der Waals surface area contributed by atoms with E-state index in [0.717, 1.165) is 22.2 Å². The average Bonchev–Trinajstić information content (AvgIpc) is 3.36. The Kier molecular flexibility index (Phi) is 5.78. The van der Waals surface area contributed by atoms with Crippen LogP contribution in [0.15, 0.2) is 57.7 Å². The summed E-state index contributed by atoms with van der Waals surface area (Å²) >= 11 is 0. The van der Waals surface area contributed by atoms with Crippen LogP contribution >= 0.6 is 0 Å². The van der Waals surface area contributed by atoms with Crippen LogP contribution in [-0.2, 0) is 27.7 Å². The highest BCUT2D eigenvalue weighted by atomic mass is 19.4. The Morgan fingerprint density at radius 3 is 2.67 bits per heavy atom. The van der Waals surface area contributed by atoms with Gasteiger partial charge in [-0.1, -0.05) is 12.1 Å². The van der Waals surface area contributed by atoms with Crippen LogP contribution in [-0.4, -0.2) is 46.1 Å². The summed E-state index contributed by atoms with van der Waals surface area (Å²) in [5.74, 6) is -0.388. The number of hydrogen-bond acceptors (Lipinski definition) is 5. The van der Waals surface area contributed by atoms with Gasteiger partial charge in [-0.15, -0.1) is 0 Å². The van der Waals surface area contributed by atoms with Gasteiger partial charge < -0.3 is 10.1 Å². The third kappa shape index (κ3) is 4.21. The van der Waals surface area contributed by atoms with E-state index in [1.165, 1.54) is 23.9 Å². The Labute approximate surface area is 205 Å². The molecule has 1 aromatic carbocycles. The molecule has 0 spiro atoms. The van der Waals surface area contributed by atoms with Gasteiger partial charge in [0.15, 0.2) is 0 Å². The second kappa shape index (κ2) is 8.70. The fraction of sp³-hybridized carbons (Fsp3) is 0.333. The molecule has 2 aromatic heterocycles. The third-order valence-corrected chi connectivity index (χ3v) is 6.47. The number of alkyl halides is 3. The van der Waals surface area contributed by atoms with Crippen molar-refractivity contribution in [2.45, 2.75) is 31.5 Å². The molecule has 1 fully saturated rings. The van der Waals surface area contributed by atoms with Gasteiger partial charge in [0.1, 0.15) is 0 Å². The van der Waals surface area contributed by atoms with Crippen molar-refractivity contribution in [3.8, 4) is 5.69 Å². The number of pyridine rings is 1. The topological polar surface area (TPSA) is 92.5 Å². The number of benzene rings is 1. The summed E-state index contributed by atoms with van der Waals surface area (Å²) < 4.78 is 51.2. The zero-order valence-corrected chi connectivity index (χ0v) is 19.5. The van der Waals surface area contributed by atoms with Gasteiger partial charge in [-0.05, 0) is 34.4 Å². The minimum atomic E-state index is -4.69. The quantitative estimate of drug-likeness (QED) is 0.525. The lowest BCUT2D eigenvalue weighted by Gasteiger charge is -2.42. The maximum atomic E-state index is 13.9. The molecule has 9 nitrogen and oxygen atoms in total. The summed E-state index contributed by atoms with van der Waals surface area (Å²) in [5, 5.41) is 10.6. The van der Waals surface area contributed by atoms with Gasteiger partial charge in [0.05, 0.1) is 42.1 Å². The molecule has 0 saturated carbocycles. The van der Waals surface area contributed by atoms with Gasteiger partial charge in [-0.2, -0.15) is 13.2 Å². The number of nitrogens with zero attached hydrogens (tertiary/aromatic N) is 5. The molecule has 0 aliphatic carbocycles. The van der Waals surface area contributed by atoms with Crippen LogP contribution in [0.5, 0.6) is 0 Å². The van der Waals surface area contributed by atoms with Crippen LogP contribution < -0.4 is 11.0 Å². The standard InChI is InChI=1S/C24H23F3N6O3.H2/c1-15(34)28-9-16-6-19(24(25,26)27)20-11-32(22(35)33(20)10-16)18-5-3-4-17(7-18)23(12-36-13-23)8-21-30-29-14-31(21)2;/h3-7,10-11,14H,8-9,12-13H2,1-2H3,(H,28,34);1H/q+1;. The number of imidazole rings is 1. The number of fused-ring (bicyclic) bond motifs is 1. The molecule has 4 heterocycles. The zero-order valence-electron chi connectivity index (χ0n) is 19.5. The first kappa shape index (κ1) is 23.9. The summed E-state index contributed by atoms with van der Waals surface area (Å²) in [4.78, 5) is 24.5. The Morgan fingerprint density at radius 2 is 2.06 bits per heavy atom. The fourth-order valence-corrected chi connectivity index (χ4v) is 4.46. The molecule has 2 aliphatic heterocycles. The van der Waals surface area contributed by atoms with Crippen molar-refractivity contribution in [2.24, 2.45) is 10.2 Å². The summed E-state index contributed by atoms with van der Waals surface area (Å²) in [6.45, 7) is 2.02. The van der Waals surface area contributed by atoms with Crippen molar-refractivity contribution in [1.82, 2.24) is 14.3 Å². The largest absolute Gasteiger partial charge is 0.418 e. The number of carbonyl (C=O) groups excluding carboxylic acids is 1. The Bertz CT molecular complexity index is 1470. The molecule has 1 saturated heterocycles. The molecule has 0 unspecified atom stereocenters. The Hall–Kier alpha value is -3.80. The number of rotatable bonds is 6.